The lowest BCUT2D eigenvalue weighted by atomic mass is 10.1. The predicted octanol–water partition coefficient (Wildman–Crippen LogP) is 3.65. The first-order valence-electron chi connectivity index (χ1n) is 13.7. The first-order chi connectivity index (χ1) is 20.6. The highest BCUT2D eigenvalue weighted by Gasteiger charge is 2.10. The van der Waals surface area contributed by atoms with Crippen LogP contribution < -0.4 is 26.0 Å². The van der Waals surface area contributed by atoms with Crippen molar-refractivity contribution in [1.82, 2.24) is 25.6 Å². The van der Waals surface area contributed by atoms with Gasteiger partial charge in [0.2, 0.25) is 11.8 Å². The molecule has 0 aliphatic rings. The third kappa shape index (κ3) is 10.0. The summed E-state index contributed by atoms with van der Waals surface area (Å²) in [4.78, 5) is 37.4. The fraction of sp³-hybridized carbons (Fsp3) is 0.300. The van der Waals surface area contributed by atoms with E-state index in [-0.39, 0.29) is 37.1 Å². The standard InChI is InChI=1S/C30H35N7O5S/c1-20-15-22(8-11-27(20)42-24-9-6-21(2)33-17-24)37-30-25-16-23(7-10-26(25)34-19-35-30)36-28(38)5-4-12-32-29(39)18-31-13-14-43(3,40)41/h6-11,15-17,19,31H,4-5,12-14,18H2,1-3H3,(H,32,39)(H,36,38)(H,34,35,37). The Morgan fingerprint density at radius 2 is 1.72 bits per heavy atom. The van der Waals surface area contributed by atoms with Gasteiger partial charge in [0.15, 0.2) is 0 Å². The number of sulfone groups is 1. The maximum Gasteiger partial charge on any atom is 0.233 e. The van der Waals surface area contributed by atoms with E-state index in [9.17, 15) is 18.0 Å². The Labute approximate surface area is 250 Å². The second-order valence-corrected chi connectivity index (χ2v) is 12.4. The number of pyridine rings is 1. The van der Waals surface area contributed by atoms with Crippen molar-refractivity contribution in [1.29, 1.82) is 0 Å². The molecule has 2 heterocycles. The van der Waals surface area contributed by atoms with Crippen molar-refractivity contribution in [3.8, 4) is 11.5 Å². The van der Waals surface area contributed by atoms with Gasteiger partial charge < -0.3 is 26.0 Å². The molecule has 2 aromatic carbocycles. The molecule has 4 rings (SSSR count). The number of hydrogen-bond donors (Lipinski definition) is 4. The lowest BCUT2D eigenvalue weighted by Crippen LogP contribution is -2.36. The molecule has 4 N–H and O–H groups in total. The van der Waals surface area contributed by atoms with Crippen molar-refractivity contribution < 1.29 is 22.7 Å². The summed E-state index contributed by atoms with van der Waals surface area (Å²) in [5.41, 5.74) is 3.97. The van der Waals surface area contributed by atoms with Crippen molar-refractivity contribution >= 4 is 49.7 Å². The highest BCUT2D eigenvalue weighted by Crippen LogP contribution is 2.30. The van der Waals surface area contributed by atoms with Gasteiger partial charge in [0.1, 0.15) is 33.5 Å². The van der Waals surface area contributed by atoms with Gasteiger partial charge in [-0.05, 0) is 74.4 Å². The Bertz CT molecular complexity index is 1700. The van der Waals surface area contributed by atoms with Crippen LogP contribution in [0.3, 0.4) is 0 Å². The van der Waals surface area contributed by atoms with Crippen molar-refractivity contribution in [2.75, 3.05) is 42.3 Å². The molecule has 0 atom stereocenters. The number of carbonyl (C=O) groups is 2. The van der Waals surface area contributed by atoms with Crippen LogP contribution in [-0.4, -0.2) is 66.8 Å². The first kappa shape index (κ1) is 31.3. The predicted molar refractivity (Wildman–Crippen MR) is 167 cm³/mol. The molecule has 12 nitrogen and oxygen atoms in total. The van der Waals surface area contributed by atoms with Crippen molar-refractivity contribution in [2.24, 2.45) is 0 Å². The van der Waals surface area contributed by atoms with Crippen LogP contribution in [0.15, 0.2) is 61.1 Å². The zero-order valence-electron chi connectivity index (χ0n) is 24.3. The molecule has 13 heteroatoms. The number of nitrogens with one attached hydrogen (secondary N) is 4. The molecule has 0 unspecified atom stereocenters. The molecule has 0 radical (unpaired) electrons. The van der Waals surface area contributed by atoms with Crippen LogP contribution in [0.25, 0.3) is 10.9 Å². The SMILES string of the molecule is Cc1ccc(Oc2ccc(Nc3ncnc4ccc(NC(=O)CCCNC(=O)CNCCS(C)(=O)=O)cc34)cc2C)cn1. The molecule has 0 aliphatic carbocycles. The average Bonchev–Trinajstić information content (AvgIpc) is 2.96. The molecule has 2 amide bonds. The second kappa shape index (κ2) is 14.5. The average molecular weight is 606 g/mol. The van der Waals surface area contributed by atoms with E-state index in [1.54, 1.807) is 12.3 Å². The van der Waals surface area contributed by atoms with Crippen molar-refractivity contribution in [3.05, 3.63) is 72.3 Å². The van der Waals surface area contributed by atoms with Gasteiger partial charge in [0, 0.05) is 48.2 Å². The minimum absolute atomic E-state index is 0.0138. The Hall–Kier alpha value is -4.62. The van der Waals surface area contributed by atoms with Gasteiger partial charge >= 0.3 is 0 Å². The summed E-state index contributed by atoms with van der Waals surface area (Å²) >= 11 is 0. The fourth-order valence-corrected chi connectivity index (χ4v) is 4.59. The zero-order chi connectivity index (χ0) is 30.8. The Morgan fingerprint density at radius 1 is 0.907 bits per heavy atom. The largest absolute Gasteiger partial charge is 0.455 e. The first-order valence-corrected chi connectivity index (χ1v) is 15.8. The Balaban J connectivity index is 1.30. The quantitative estimate of drug-likeness (QED) is 0.156. The number of nitrogens with zero attached hydrogens (tertiary/aromatic N) is 3. The number of aryl methyl sites for hydroxylation is 2. The van der Waals surface area contributed by atoms with Crippen LogP contribution in [0, 0.1) is 13.8 Å². The van der Waals surface area contributed by atoms with E-state index >= 15 is 0 Å². The number of aromatic nitrogens is 3. The van der Waals surface area contributed by atoms with E-state index in [2.05, 4.69) is 36.2 Å². The zero-order valence-corrected chi connectivity index (χ0v) is 25.1. The van der Waals surface area contributed by atoms with Gasteiger partial charge in [-0.2, -0.15) is 0 Å². The minimum atomic E-state index is -3.08. The lowest BCUT2D eigenvalue weighted by Gasteiger charge is -2.13. The summed E-state index contributed by atoms with van der Waals surface area (Å²) in [6, 6.07) is 14.9. The molecule has 0 bridgehead atoms. The number of carbonyl (C=O) groups excluding carboxylic acids is 2. The van der Waals surface area contributed by atoms with Gasteiger partial charge in [0.05, 0.1) is 24.0 Å². The van der Waals surface area contributed by atoms with Crippen LogP contribution in [0.1, 0.15) is 24.1 Å². The summed E-state index contributed by atoms with van der Waals surface area (Å²) in [5, 5.41) is 12.4. The molecule has 0 spiro atoms. The van der Waals surface area contributed by atoms with Gasteiger partial charge in [-0.15, -0.1) is 0 Å². The minimum Gasteiger partial charge on any atom is -0.455 e. The normalized spacial score (nSPS) is 11.2. The van der Waals surface area contributed by atoms with Gasteiger partial charge in [-0.3, -0.25) is 14.6 Å². The molecule has 0 fully saturated rings. The van der Waals surface area contributed by atoms with Crippen molar-refractivity contribution in [2.45, 2.75) is 26.7 Å². The maximum absolute atomic E-state index is 12.5. The molecule has 226 valence electrons. The smallest absolute Gasteiger partial charge is 0.233 e. The molecule has 4 aromatic rings. The van der Waals surface area contributed by atoms with Gasteiger partial charge in [-0.25, -0.2) is 18.4 Å². The molecule has 2 aromatic heterocycles. The van der Waals surface area contributed by atoms with E-state index in [1.165, 1.54) is 6.33 Å². The number of ether oxygens (including phenoxy) is 1. The fourth-order valence-electron chi connectivity index (χ4n) is 4.08. The molecule has 0 saturated heterocycles. The number of benzene rings is 2. The van der Waals surface area contributed by atoms with Gasteiger partial charge in [0.25, 0.3) is 0 Å². The summed E-state index contributed by atoms with van der Waals surface area (Å²) in [6.45, 7) is 4.42. The Kier molecular flexibility index (Phi) is 10.6. The van der Waals surface area contributed by atoms with Crippen LogP contribution in [0.4, 0.5) is 17.2 Å². The van der Waals surface area contributed by atoms with Crippen LogP contribution >= 0.6 is 0 Å². The van der Waals surface area contributed by atoms with Crippen molar-refractivity contribution in [3.63, 3.8) is 0 Å². The lowest BCUT2D eigenvalue weighted by molar-refractivity contribution is -0.120. The molecular formula is C30H35N7O5S. The van der Waals surface area contributed by atoms with E-state index in [4.69, 9.17) is 4.74 Å². The maximum atomic E-state index is 12.5. The third-order valence-corrected chi connectivity index (χ3v) is 7.25. The van der Waals surface area contributed by atoms with E-state index in [0.717, 1.165) is 34.3 Å². The third-order valence-electron chi connectivity index (χ3n) is 6.31. The summed E-state index contributed by atoms with van der Waals surface area (Å²) in [5.74, 6) is 1.48. The molecule has 43 heavy (non-hydrogen) atoms. The van der Waals surface area contributed by atoms with Crippen LogP contribution in [0.5, 0.6) is 11.5 Å². The molecule has 0 saturated carbocycles. The highest BCUT2D eigenvalue weighted by atomic mass is 32.2. The summed E-state index contributed by atoms with van der Waals surface area (Å²) in [7, 11) is -3.08. The van der Waals surface area contributed by atoms with Crippen LogP contribution in [0.2, 0.25) is 0 Å². The number of anilines is 3. The number of amides is 2. The van der Waals surface area contributed by atoms with E-state index < -0.39 is 9.84 Å². The monoisotopic (exact) mass is 605 g/mol. The number of fused-ring (bicyclic) bond motifs is 1. The van der Waals surface area contributed by atoms with E-state index in [0.29, 0.717) is 35.7 Å². The molecular weight excluding hydrogens is 570 g/mol. The highest BCUT2D eigenvalue weighted by molar-refractivity contribution is 7.90. The van der Waals surface area contributed by atoms with Gasteiger partial charge in [-0.1, -0.05) is 0 Å². The van der Waals surface area contributed by atoms with E-state index in [1.807, 2.05) is 56.3 Å². The molecule has 0 aliphatic heterocycles. The number of hydrogen-bond acceptors (Lipinski definition) is 10. The number of rotatable bonds is 14. The summed E-state index contributed by atoms with van der Waals surface area (Å²) in [6.07, 6.45) is 4.97. The topological polar surface area (TPSA) is 164 Å². The van der Waals surface area contributed by atoms with Crippen LogP contribution in [-0.2, 0) is 19.4 Å². The second-order valence-electron chi connectivity index (χ2n) is 10.1. The Morgan fingerprint density at radius 3 is 2.47 bits per heavy atom. The summed E-state index contributed by atoms with van der Waals surface area (Å²) < 4.78 is 28.2.